The third kappa shape index (κ3) is 1.03. The zero-order valence-electron chi connectivity index (χ0n) is 6.52. The molecule has 0 aromatic carbocycles. The molecule has 1 amide bonds. The Bertz CT molecular complexity index is 197. The maximum atomic E-state index is 11.1. The summed E-state index contributed by atoms with van der Waals surface area (Å²) in [6.07, 6.45) is 2.23. The molecule has 0 aromatic rings. The Balaban J connectivity index is 2.75. The molecule has 1 aliphatic rings. The summed E-state index contributed by atoms with van der Waals surface area (Å²) in [5.74, 6) is 4.54. The molecule has 0 saturated heterocycles. The second kappa shape index (κ2) is 2.62. The maximum absolute atomic E-state index is 11.1. The third-order valence-corrected chi connectivity index (χ3v) is 2.45. The molecule has 0 bridgehead atoms. The first kappa shape index (κ1) is 8.20. The summed E-state index contributed by atoms with van der Waals surface area (Å²) in [6.45, 7) is 1.44. The molecule has 0 aliphatic heterocycles. The third-order valence-electron chi connectivity index (χ3n) is 2.45. The van der Waals surface area contributed by atoms with Crippen molar-refractivity contribution in [3.8, 4) is 0 Å². The number of Topliss-reactive ketones (excluding diaryl/α,β-unsaturated/α-hetero) is 1. The molecule has 11 heavy (non-hydrogen) atoms. The number of hydrogen-bond acceptors (Lipinski definition) is 3. The van der Waals surface area contributed by atoms with Gasteiger partial charge in [-0.25, -0.2) is 5.84 Å². The Morgan fingerprint density at radius 3 is 2.09 bits per heavy atom. The minimum atomic E-state index is -0.783. The van der Waals surface area contributed by atoms with E-state index < -0.39 is 5.41 Å². The monoisotopic (exact) mass is 156 g/mol. The average Bonchev–Trinajstić information content (AvgIpc) is 1.84. The van der Waals surface area contributed by atoms with Crippen LogP contribution in [0.25, 0.3) is 0 Å². The van der Waals surface area contributed by atoms with Gasteiger partial charge in [0.25, 0.3) is 0 Å². The Morgan fingerprint density at radius 2 is 2.00 bits per heavy atom. The molecular formula is C7H12N2O2. The molecule has 4 nitrogen and oxygen atoms in total. The first-order valence-corrected chi connectivity index (χ1v) is 3.65. The van der Waals surface area contributed by atoms with Gasteiger partial charge in [-0.15, -0.1) is 0 Å². The summed E-state index contributed by atoms with van der Waals surface area (Å²) in [5, 5.41) is 0. The van der Waals surface area contributed by atoms with E-state index in [1.807, 2.05) is 5.43 Å². The van der Waals surface area contributed by atoms with Gasteiger partial charge in [0.1, 0.15) is 11.2 Å². The van der Waals surface area contributed by atoms with Gasteiger partial charge >= 0.3 is 0 Å². The Hall–Kier alpha value is -0.900. The van der Waals surface area contributed by atoms with Crippen LogP contribution in [0.5, 0.6) is 0 Å². The fourth-order valence-corrected chi connectivity index (χ4v) is 1.41. The smallest absolute Gasteiger partial charge is 0.247 e. The van der Waals surface area contributed by atoms with Crippen molar-refractivity contribution in [2.24, 2.45) is 11.3 Å². The van der Waals surface area contributed by atoms with Crippen LogP contribution in [0, 0.1) is 5.41 Å². The number of nitrogens with two attached hydrogens (primary N) is 1. The van der Waals surface area contributed by atoms with Crippen molar-refractivity contribution in [1.82, 2.24) is 5.43 Å². The molecule has 0 unspecified atom stereocenters. The number of carbonyl (C=O) groups is 2. The van der Waals surface area contributed by atoms with Gasteiger partial charge in [0, 0.05) is 0 Å². The lowest BCUT2D eigenvalue weighted by Crippen LogP contribution is -2.52. The maximum Gasteiger partial charge on any atom is 0.247 e. The highest BCUT2D eigenvalue weighted by atomic mass is 16.2. The summed E-state index contributed by atoms with van der Waals surface area (Å²) < 4.78 is 0. The van der Waals surface area contributed by atoms with E-state index >= 15 is 0 Å². The quantitative estimate of drug-likeness (QED) is 0.250. The molecule has 3 N–H and O–H groups in total. The Kier molecular flexibility index (Phi) is 1.95. The summed E-state index contributed by atoms with van der Waals surface area (Å²) in [4.78, 5) is 22.1. The first-order chi connectivity index (χ1) is 5.13. The van der Waals surface area contributed by atoms with Gasteiger partial charge < -0.3 is 0 Å². The molecule has 0 atom stereocenters. The molecule has 1 saturated carbocycles. The van der Waals surface area contributed by atoms with Crippen LogP contribution in [-0.2, 0) is 9.59 Å². The van der Waals surface area contributed by atoms with Crippen LogP contribution in [0.3, 0.4) is 0 Å². The average molecular weight is 156 g/mol. The number of carbonyl (C=O) groups excluding carboxylic acids is 2. The second-order valence-corrected chi connectivity index (χ2v) is 2.97. The highest BCUT2D eigenvalue weighted by molar-refractivity contribution is 6.05. The zero-order chi connectivity index (χ0) is 8.48. The van der Waals surface area contributed by atoms with E-state index in [1.165, 1.54) is 6.92 Å². The van der Waals surface area contributed by atoms with Gasteiger partial charge in [-0.05, 0) is 19.8 Å². The zero-order valence-corrected chi connectivity index (χ0v) is 6.52. The summed E-state index contributed by atoms with van der Waals surface area (Å²) >= 11 is 0. The lowest BCUT2D eigenvalue weighted by Gasteiger charge is -2.36. The minimum absolute atomic E-state index is 0.0771. The predicted octanol–water partition coefficient (Wildman–Crippen LogP) is -0.264. The van der Waals surface area contributed by atoms with Gasteiger partial charge in [0.2, 0.25) is 5.91 Å². The predicted molar refractivity (Wildman–Crippen MR) is 39.3 cm³/mol. The molecule has 0 aromatic heterocycles. The van der Waals surface area contributed by atoms with Gasteiger partial charge in [-0.2, -0.15) is 0 Å². The van der Waals surface area contributed by atoms with Crippen LogP contribution in [0.4, 0.5) is 0 Å². The molecular weight excluding hydrogens is 144 g/mol. The Morgan fingerprint density at radius 1 is 1.45 bits per heavy atom. The standard InChI is InChI=1S/C7H12N2O2/c1-5(10)7(3-2-4-7)6(11)9-8/h2-4,8H2,1H3,(H,9,11). The van der Waals surface area contributed by atoms with Gasteiger partial charge in [0.05, 0.1) is 0 Å². The van der Waals surface area contributed by atoms with Crippen LogP contribution in [-0.4, -0.2) is 11.7 Å². The summed E-state index contributed by atoms with van der Waals surface area (Å²) in [5.41, 5.74) is 1.25. The van der Waals surface area contributed by atoms with E-state index in [4.69, 9.17) is 5.84 Å². The molecule has 0 heterocycles. The van der Waals surface area contributed by atoms with Crippen molar-refractivity contribution in [3.63, 3.8) is 0 Å². The lowest BCUT2D eigenvalue weighted by molar-refractivity contribution is -0.146. The van der Waals surface area contributed by atoms with Crippen molar-refractivity contribution in [2.45, 2.75) is 26.2 Å². The normalized spacial score (nSPS) is 20.2. The fourth-order valence-electron chi connectivity index (χ4n) is 1.41. The molecule has 0 spiro atoms. The minimum Gasteiger partial charge on any atom is -0.299 e. The molecule has 1 aliphatic carbocycles. The molecule has 1 rings (SSSR count). The van der Waals surface area contributed by atoms with E-state index in [-0.39, 0.29) is 11.7 Å². The number of hydrogen-bond donors (Lipinski definition) is 2. The van der Waals surface area contributed by atoms with Crippen molar-refractivity contribution < 1.29 is 9.59 Å². The van der Waals surface area contributed by atoms with Crippen LogP contribution in [0.15, 0.2) is 0 Å². The number of nitrogens with one attached hydrogen (secondary N) is 1. The second-order valence-electron chi connectivity index (χ2n) is 2.97. The van der Waals surface area contributed by atoms with Gasteiger partial charge in [-0.1, -0.05) is 6.42 Å². The highest BCUT2D eigenvalue weighted by Gasteiger charge is 2.47. The van der Waals surface area contributed by atoms with E-state index in [0.29, 0.717) is 12.8 Å². The van der Waals surface area contributed by atoms with Crippen molar-refractivity contribution in [2.75, 3.05) is 0 Å². The van der Waals surface area contributed by atoms with Crippen LogP contribution < -0.4 is 11.3 Å². The molecule has 1 fully saturated rings. The number of ketones is 1. The molecule has 0 radical (unpaired) electrons. The van der Waals surface area contributed by atoms with E-state index in [0.717, 1.165) is 6.42 Å². The summed E-state index contributed by atoms with van der Waals surface area (Å²) in [7, 11) is 0. The number of rotatable bonds is 2. The van der Waals surface area contributed by atoms with Gasteiger partial charge in [-0.3, -0.25) is 15.0 Å². The SMILES string of the molecule is CC(=O)C1(C(=O)NN)CCC1. The van der Waals surface area contributed by atoms with E-state index in [9.17, 15) is 9.59 Å². The van der Waals surface area contributed by atoms with Crippen molar-refractivity contribution >= 4 is 11.7 Å². The summed E-state index contributed by atoms with van der Waals surface area (Å²) in [6, 6.07) is 0. The van der Waals surface area contributed by atoms with E-state index in [2.05, 4.69) is 0 Å². The number of hydrazine groups is 1. The highest BCUT2D eigenvalue weighted by Crippen LogP contribution is 2.41. The molecule has 4 heteroatoms. The van der Waals surface area contributed by atoms with Crippen molar-refractivity contribution in [1.29, 1.82) is 0 Å². The first-order valence-electron chi connectivity index (χ1n) is 3.65. The molecule has 62 valence electrons. The van der Waals surface area contributed by atoms with Crippen LogP contribution >= 0.6 is 0 Å². The lowest BCUT2D eigenvalue weighted by atomic mass is 9.66. The number of amides is 1. The van der Waals surface area contributed by atoms with Gasteiger partial charge in [0.15, 0.2) is 0 Å². The fraction of sp³-hybridized carbons (Fsp3) is 0.714. The Labute approximate surface area is 65.1 Å². The van der Waals surface area contributed by atoms with E-state index in [1.54, 1.807) is 0 Å². The topological polar surface area (TPSA) is 72.2 Å². The van der Waals surface area contributed by atoms with Crippen molar-refractivity contribution in [3.05, 3.63) is 0 Å². The van der Waals surface area contributed by atoms with Crippen LogP contribution in [0.2, 0.25) is 0 Å². The largest absolute Gasteiger partial charge is 0.299 e. The van der Waals surface area contributed by atoms with Crippen LogP contribution in [0.1, 0.15) is 26.2 Å².